The Morgan fingerprint density at radius 2 is 0.842 bits per heavy atom. The molecule has 6 nitrogen and oxygen atoms in total. The molecule has 0 fully saturated rings. The zero-order valence-corrected chi connectivity index (χ0v) is 13.7. The van der Waals surface area contributed by atoms with Crippen LogP contribution in [0.2, 0.25) is 0 Å². The molecule has 0 unspecified atom stereocenters. The Hall–Kier alpha value is -1.14. The van der Waals surface area contributed by atoms with Gasteiger partial charge in [0.05, 0.1) is 56.4 Å². The summed E-state index contributed by atoms with van der Waals surface area (Å²) in [7, 11) is 17.0. The summed E-state index contributed by atoms with van der Waals surface area (Å²) in [6.07, 6.45) is 0.0866. The molecule has 6 heteroatoms. The van der Waals surface area contributed by atoms with Gasteiger partial charge in [-0.2, -0.15) is 0 Å². The molecule has 0 radical (unpaired) electrons. The Balaban J connectivity index is -0.000000219. The molecule has 0 aliphatic heterocycles. The molecule has 0 heterocycles. The van der Waals surface area contributed by atoms with Crippen molar-refractivity contribution in [3.63, 3.8) is 0 Å². The summed E-state index contributed by atoms with van der Waals surface area (Å²) in [6.45, 7) is 0. The van der Waals surface area contributed by atoms with E-state index in [9.17, 15) is 9.59 Å². The van der Waals surface area contributed by atoms with Crippen LogP contribution in [-0.4, -0.2) is 87.5 Å². The van der Waals surface area contributed by atoms with Crippen LogP contribution < -0.4 is 0 Å². The normalized spacial score (nSPS) is 10.5. The molecule has 0 saturated carbocycles. The molecule has 0 aliphatic carbocycles. The minimum Gasteiger partial charge on any atom is -0.481 e. The quantitative estimate of drug-likeness (QED) is 0.753. The van der Waals surface area contributed by atoms with E-state index in [0.717, 1.165) is 8.97 Å². The molecule has 0 aliphatic rings. The first-order valence-electron chi connectivity index (χ1n) is 6.14. The molecule has 0 atom stereocenters. The van der Waals surface area contributed by atoms with Crippen molar-refractivity contribution >= 4 is 11.9 Å². The predicted octanol–water partition coefficient (Wildman–Crippen LogP) is 0.971. The van der Waals surface area contributed by atoms with E-state index in [1.807, 2.05) is 0 Å². The maximum Gasteiger partial charge on any atom is 0.303 e. The van der Waals surface area contributed by atoms with Crippen molar-refractivity contribution in [2.45, 2.75) is 19.3 Å². The lowest BCUT2D eigenvalue weighted by Gasteiger charge is -2.14. The summed E-state index contributed by atoms with van der Waals surface area (Å²) in [6, 6.07) is 0. The molecule has 2 N–H and O–H groups in total. The maximum absolute atomic E-state index is 9.79. The summed E-state index contributed by atoms with van der Waals surface area (Å²) in [5, 5.41) is 16.1. The smallest absolute Gasteiger partial charge is 0.303 e. The molecule has 0 amide bonds. The highest BCUT2D eigenvalue weighted by atomic mass is 16.4. The average molecular weight is 280 g/mol. The fourth-order valence-corrected chi connectivity index (χ4v) is 0.391. The Bertz CT molecular complexity index is 214. The summed E-state index contributed by atoms with van der Waals surface area (Å²) in [5.41, 5.74) is 0. The minimum absolute atomic E-state index is 0.0632. The molecule has 19 heavy (non-hydrogen) atoms. The Morgan fingerprint density at radius 1 is 0.684 bits per heavy atom. The summed E-state index contributed by atoms with van der Waals surface area (Å²) >= 11 is 0. The van der Waals surface area contributed by atoms with Crippen molar-refractivity contribution in [1.82, 2.24) is 0 Å². The average Bonchev–Trinajstić information content (AvgIpc) is 1.94. The fourth-order valence-electron chi connectivity index (χ4n) is 0.391. The van der Waals surface area contributed by atoms with Crippen LogP contribution in [0, 0.1) is 0 Å². The van der Waals surface area contributed by atoms with E-state index in [4.69, 9.17) is 10.2 Å². The van der Waals surface area contributed by atoms with Gasteiger partial charge in [0, 0.05) is 12.8 Å². The van der Waals surface area contributed by atoms with Crippen LogP contribution in [0.3, 0.4) is 0 Å². The Morgan fingerprint density at radius 3 is 0.947 bits per heavy atom. The molecule has 0 saturated heterocycles. The molecule has 0 aromatic carbocycles. The number of hydrogen-bond donors (Lipinski definition) is 2. The fraction of sp³-hybridized carbons (Fsp3) is 0.846. The van der Waals surface area contributed by atoms with Crippen LogP contribution in [0.5, 0.6) is 0 Å². The molecule has 0 spiro atoms. The monoisotopic (exact) mass is 280 g/mol. The molecule has 0 aromatic heterocycles. The lowest BCUT2D eigenvalue weighted by atomic mass is 10.2. The third kappa shape index (κ3) is 158. The first-order valence-corrected chi connectivity index (χ1v) is 6.14. The summed E-state index contributed by atoms with van der Waals surface area (Å²) < 4.78 is 2.00. The van der Waals surface area contributed by atoms with Crippen LogP contribution in [-0.2, 0) is 9.59 Å². The zero-order valence-electron chi connectivity index (χ0n) is 13.7. The Kier molecular flexibility index (Phi) is 13.0. The van der Waals surface area contributed by atoms with Gasteiger partial charge in [-0.3, -0.25) is 9.59 Å². The minimum atomic E-state index is -0.948. The second-order valence-corrected chi connectivity index (χ2v) is 7.01. The summed E-state index contributed by atoms with van der Waals surface area (Å²) in [4.78, 5) is 19.6. The van der Waals surface area contributed by atoms with E-state index in [1.165, 1.54) is 0 Å². The van der Waals surface area contributed by atoms with Crippen molar-refractivity contribution in [2.24, 2.45) is 0 Å². The predicted molar refractivity (Wildman–Crippen MR) is 77.0 cm³/mol. The van der Waals surface area contributed by atoms with E-state index in [-0.39, 0.29) is 19.3 Å². The largest absolute Gasteiger partial charge is 0.481 e. The molecular formula is C13H32N2O4+2. The van der Waals surface area contributed by atoms with Gasteiger partial charge in [0.2, 0.25) is 0 Å². The first kappa shape index (κ1) is 23.0. The second kappa shape index (κ2) is 10.8. The van der Waals surface area contributed by atoms with Gasteiger partial charge >= 0.3 is 11.9 Å². The third-order valence-corrected chi connectivity index (χ3v) is 0.781. The SMILES string of the molecule is C[N+](C)(C)C.C[N+](C)(C)C.O=C(O)CCCC(=O)O. The Labute approximate surface area is 117 Å². The van der Waals surface area contributed by atoms with E-state index in [2.05, 4.69) is 56.4 Å². The lowest BCUT2D eigenvalue weighted by Crippen LogP contribution is -2.27. The van der Waals surface area contributed by atoms with Crippen LogP contribution in [0.4, 0.5) is 0 Å². The van der Waals surface area contributed by atoms with Crippen molar-refractivity contribution < 1.29 is 28.8 Å². The standard InChI is InChI=1S/C5H8O4.2C4H12N/c6-4(7)2-1-3-5(8)9;2*1-5(2,3)4/h1-3H2,(H,6,7)(H,8,9);2*1-4H3/q;2*+1. The van der Waals surface area contributed by atoms with Crippen molar-refractivity contribution in [2.75, 3.05) is 56.4 Å². The van der Waals surface area contributed by atoms with Gasteiger partial charge in [0.1, 0.15) is 0 Å². The topological polar surface area (TPSA) is 74.6 Å². The number of hydrogen-bond acceptors (Lipinski definition) is 2. The highest BCUT2D eigenvalue weighted by Gasteiger charge is 1.99. The lowest BCUT2D eigenvalue weighted by molar-refractivity contribution is -0.849. The maximum atomic E-state index is 9.79. The van der Waals surface area contributed by atoms with Crippen LogP contribution in [0.15, 0.2) is 0 Å². The van der Waals surface area contributed by atoms with Gasteiger partial charge in [-0.05, 0) is 6.42 Å². The van der Waals surface area contributed by atoms with Gasteiger partial charge < -0.3 is 19.2 Å². The van der Waals surface area contributed by atoms with Crippen LogP contribution >= 0.6 is 0 Å². The second-order valence-electron chi connectivity index (χ2n) is 7.01. The molecule has 0 rings (SSSR count). The van der Waals surface area contributed by atoms with E-state index < -0.39 is 11.9 Å². The summed E-state index contributed by atoms with van der Waals surface area (Å²) in [5.74, 6) is -1.90. The van der Waals surface area contributed by atoms with Gasteiger partial charge in [-0.15, -0.1) is 0 Å². The van der Waals surface area contributed by atoms with Gasteiger partial charge in [-0.1, -0.05) is 0 Å². The van der Waals surface area contributed by atoms with E-state index >= 15 is 0 Å². The highest BCUT2D eigenvalue weighted by molar-refractivity contribution is 5.69. The number of carbonyl (C=O) groups is 2. The van der Waals surface area contributed by atoms with Crippen LogP contribution in [0.1, 0.15) is 19.3 Å². The highest BCUT2D eigenvalue weighted by Crippen LogP contribution is 1.93. The third-order valence-electron chi connectivity index (χ3n) is 0.781. The number of quaternary nitrogens is 2. The number of aliphatic carboxylic acids is 2. The number of nitrogens with zero attached hydrogens (tertiary/aromatic N) is 2. The van der Waals surface area contributed by atoms with Crippen LogP contribution in [0.25, 0.3) is 0 Å². The van der Waals surface area contributed by atoms with Crippen molar-refractivity contribution in [3.8, 4) is 0 Å². The van der Waals surface area contributed by atoms with E-state index in [1.54, 1.807) is 0 Å². The van der Waals surface area contributed by atoms with Crippen molar-refractivity contribution in [1.29, 1.82) is 0 Å². The van der Waals surface area contributed by atoms with Crippen molar-refractivity contribution in [3.05, 3.63) is 0 Å². The van der Waals surface area contributed by atoms with Gasteiger partial charge in [0.25, 0.3) is 0 Å². The zero-order chi connectivity index (χ0) is 16.3. The molecular weight excluding hydrogens is 248 g/mol. The number of carboxylic acid groups (broad SMARTS) is 2. The molecule has 116 valence electrons. The van der Waals surface area contributed by atoms with Gasteiger partial charge in [-0.25, -0.2) is 0 Å². The van der Waals surface area contributed by atoms with E-state index in [0.29, 0.717) is 0 Å². The number of carboxylic acids is 2. The molecule has 0 aromatic rings. The molecule has 0 bridgehead atoms. The number of rotatable bonds is 4. The first-order chi connectivity index (χ1) is 8.13. The van der Waals surface area contributed by atoms with Gasteiger partial charge in [0.15, 0.2) is 0 Å².